The maximum atomic E-state index is 12.4. The fourth-order valence-electron chi connectivity index (χ4n) is 2.52. The summed E-state index contributed by atoms with van der Waals surface area (Å²) in [6, 6.07) is 7.21. The Balaban J connectivity index is 2.20. The molecular weight excluding hydrogens is 382 g/mol. The molecule has 9 heteroatoms. The molecule has 0 radical (unpaired) electrons. The first kappa shape index (κ1) is 21.2. The zero-order chi connectivity index (χ0) is 20.7. The third-order valence-electron chi connectivity index (χ3n) is 3.86. The Bertz CT molecular complexity index is 878. The monoisotopic (exact) mass is 405 g/mol. The molecule has 1 heterocycles. The van der Waals surface area contributed by atoms with Gasteiger partial charge in [0.05, 0.1) is 36.4 Å². The third-order valence-corrected chi connectivity index (χ3v) is 5.06. The van der Waals surface area contributed by atoms with Crippen LogP contribution in [-0.2, 0) is 9.53 Å². The Kier molecular flexibility index (Phi) is 7.39. The van der Waals surface area contributed by atoms with Crippen LogP contribution in [0.25, 0.3) is 0 Å². The van der Waals surface area contributed by atoms with Crippen molar-refractivity contribution in [3.05, 3.63) is 40.3 Å². The van der Waals surface area contributed by atoms with Crippen LogP contribution in [0.2, 0.25) is 0 Å². The number of benzene rings is 1. The molecule has 2 amide bonds. The van der Waals surface area contributed by atoms with Gasteiger partial charge in [-0.3, -0.25) is 9.59 Å². The minimum absolute atomic E-state index is 0.0467. The average molecular weight is 405 g/mol. The molecule has 28 heavy (non-hydrogen) atoms. The van der Waals surface area contributed by atoms with Crippen LogP contribution in [0.15, 0.2) is 24.3 Å². The van der Waals surface area contributed by atoms with Crippen LogP contribution in [0.3, 0.4) is 0 Å². The SMILES string of the molecule is CCOC(=O)c1c(NC(=O)CNc2ccccc2OC)sc(C(=O)NC)c1C. The van der Waals surface area contributed by atoms with E-state index in [4.69, 9.17) is 9.47 Å². The summed E-state index contributed by atoms with van der Waals surface area (Å²) in [4.78, 5) is 37.1. The van der Waals surface area contributed by atoms with Crippen LogP contribution >= 0.6 is 11.3 Å². The summed E-state index contributed by atoms with van der Waals surface area (Å²) < 4.78 is 10.3. The lowest BCUT2D eigenvalue weighted by molar-refractivity contribution is -0.114. The number of ether oxygens (including phenoxy) is 2. The number of thiophene rings is 1. The number of nitrogens with one attached hydrogen (secondary N) is 3. The quantitative estimate of drug-likeness (QED) is 0.583. The first-order valence-electron chi connectivity index (χ1n) is 8.62. The minimum Gasteiger partial charge on any atom is -0.495 e. The van der Waals surface area contributed by atoms with Gasteiger partial charge in [-0.2, -0.15) is 0 Å². The lowest BCUT2D eigenvalue weighted by atomic mass is 10.1. The number of carbonyl (C=O) groups excluding carboxylic acids is 3. The van der Waals surface area contributed by atoms with Crippen molar-refractivity contribution in [1.82, 2.24) is 5.32 Å². The number of methoxy groups -OCH3 is 1. The summed E-state index contributed by atoms with van der Waals surface area (Å²) in [6.45, 7) is 3.48. The molecule has 0 saturated carbocycles. The normalized spacial score (nSPS) is 10.1. The second-order valence-corrected chi connectivity index (χ2v) is 6.68. The summed E-state index contributed by atoms with van der Waals surface area (Å²) in [7, 11) is 3.04. The fourth-order valence-corrected chi connectivity index (χ4v) is 3.68. The summed E-state index contributed by atoms with van der Waals surface area (Å²) >= 11 is 1.03. The minimum atomic E-state index is -0.584. The molecule has 150 valence electrons. The van der Waals surface area contributed by atoms with Gasteiger partial charge in [-0.05, 0) is 31.5 Å². The Morgan fingerprint density at radius 3 is 2.54 bits per heavy atom. The largest absolute Gasteiger partial charge is 0.495 e. The molecule has 0 spiro atoms. The molecule has 0 atom stereocenters. The van der Waals surface area contributed by atoms with Gasteiger partial charge in [0.25, 0.3) is 5.91 Å². The first-order valence-corrected chi connectivity index (χ1v) is 9.43. The van der Waals surface area contributed by atoms with Gasteiger partial charge in [0, 0.05) is 7.05 Å². The van der Waals surface area contributed by atoms with Crippen LogP contribution in [-0.4, -0.2) is 45.1 Å². The lowest BCUT2D eigenvalue weighted by Crippen LogP contribution is -2.22. The fraction of sp³-hybridized carbons (Fsp3) is 0.316. The number of anilines is 2. The van der Waals surface area contributed by atoms with Gasteiger partial charge in [-0.1, -0.05) is 12.1 Å². The molecule has 1 aromatic heterocycles. The molecule has 0 bridgehead atoms. The van der Waals surface area contributed by atoms with E-state index in [-0.39, 0.29) is 35.5 Å². The highest BCUT2D eigenvalue weighted by Crippen LogP contribution is 2.33. The molecule has 0 fully saturated rings. The molecular formula is C19H23N3O5S. The van der Waals surface area contributed by atoms with Crippen molar-refractivity contribution in [1.29, 1.82) is 0 Å². The second kappa shape index (κ2) is 9.75. The summed E-state index contributed by atoms with van der Waals surface area (Å²) in [5.74, 6) is -0.683. The van der Waals surface area contributed by atoms with Crippen LogP contribution in [0, 0.1) is 6.92 Å². The standard InChI is InChI=1S/C19H23N3O5S/c1-5-27-19(25)15-11(2)16(17(24)20-3)28-18(15)22-14(23)10-21-12-8-6-7-9-13(12)26-4/h6-9,21H,5,10H2,1-4H3,(H,20,24)(H,22,23). The van der Waals surface area contributed by atoms with Crippen molar-refractivity contribution in [2.45, 2.75) is 13.8 Å². The van der Waals surface area contributed by atoms with Gasteiger partial charge >= 0.3 is 5.97 Å². The van der Waals surface area contributed by atoms with Gasteiger partial charge in [0.2, 0.25) is 5.91 Å². The van der Waals surface area contributed by atoms with Crippen molar-refractivity contribution in [2.24, 2.45) is 0 Å². The zero-order valence-corrected chi connectivity index (χ0v) is 17.0. The van der Waals surface area contributed by atoms with Crippen molar-refractivity contribution < 1.29 is 23.9 Å². The Morgan fingerprint density at radius 1 is 1.18 bits per heavy atom. The molecule has 0 aliphatic heterocycles. The van der Waals surface area contributed by atoms with E-state index in [0.717, 1.165) is 11.3 Å². The van der Waals surface area contributed by atoms with E-state index in [9.17, 15) is 14.4 Å². The highest BCUT2D eigenvalue weighted by molar-refractivity contribution is 7.18. The van der Waals surface area contributed by atoms with Gasteiger partial charge in [-0.25, -0.2) is 4.79 Å². The number of amides is 2. The molecule has 1 aromatic carbocycles. The van der Waals surface area contributed by atoms with Crippen LogP contribution in [0.4, 0.5) is 10.7 Å². The van der Waals surface area contributed by atoms with Gasteiger partial charge in [0.15, 0.2) is 0 Å². The molecule has 0 aliphatic rings. The molecule has 3 N–H and O–H groups in total. The third kappa shape index (κ3) is 4.80. The van der Waals surface area contributed by atoms with Crippen molar-refractivity contribution >= 4 is 39.8 Å². The van der Waals surface area contributed by atoms with Crippen molar-refractivity contribution in [2.75, 3.05) is 37.9 Å². The summed E-state index contributed by atoms with van der Waals surface area (Å²) in [6.07, 6.45) is 0. The first-order chi connectivity index (χ1) is 13.4. The number of hydrogen-bond donors (Lipinski definition) is 3. The molecule has 0 aliphatic carbocycles. The number of esters is 1. The summed E-state index contributed by atoms with van der Waals surface area (Å²) in [5, 5.41) is 8.48. The average Bonchev–Trinajstić information content (AvgIpc) is 3.01. The maximum Gasteiger partial charge on any atom is 0.341 e. The molecule has 2 aromatic rings. The molecule has 0 saturated heterocycles. The van der Waals surface area contributed by atoms with Crippen molar-refractivity contribution in [3.8, 4) is 5.75 Å². The van der Waals surface area contributed by atoms with E-state index < -0.39 is 5.97 Å². The number of carbonyl (C=O) groups is 3. The van der Waals surface area contributed by atoms with E-state index in [2.05, 4.69) is 16.0 Å². The predicted molar refractivity (Wildman–Crippen MR) is 109 cm³/mol. The molecule has 2 rings (SSSR count). The Morgan fingerprint density at radius 2 is 1.89 bits per heavy atom. The van der Waals surface area contributed by atoms with Crippen LogP contribution in [0.5, 0.6) is 5.75 Å². The van der Waals surface area contributed by atoms with Crippen molar-refractivity contribution in [3.63, 3.8) is 0 Å². The van der Waals surface area contributed by atoms with Crippen LogP contribution < -0.4 is 20.7 Å². The van der Waals surface area contributed by atoms with Gasteiger partial charge < -0.3 is 25.4 Å². The highest BCUT2D eigenvalue weighted by Gasteiger charge is 2.26. The number of hydrogen-bond acceptors (Lipinski definition) is 7. The van der Waals surface area contributed by atoms with E-state index >= 15 is 0 Å². The smallest absolute Gasteiger partial charge is 0.341 e. The number of para-hydroxylation sites is 2. The highest BCUT2D eigenvalue weighted by atomic mass is 32.1. The Hall–Kier alpha value is -3.07. The zero-order valence-electron chi connectivity index (χ0n) is 16.2. The van der Waals surface area contributed by atoms with E-state index in [1.807, 2.05) is 12.1 Å². The summed E-state index contributed by atoms with van der Waals surface area (Å²) in [5.41, 5.74) is 1.33. The van der Waals surface area contributed by atoms with E-state index in [1.165, 1.54) is 7.05 Å². The predicted octanol–water partition coefficient (Wildman–Crippen LogP) is 2.65. The Labute approximate surface area is 167 Å². The van der Waals surface area contributed by atoms with Gasteiger partial charge in [-0.15, -0.1) is 11.3 Å². The second-order valence-electron chi connectivity index (χ2n) is 5.66. The van der Waals surface area contributed by atoms with Gasteiger partial charge in [0.1, 0.15) is 10.8 Å². The number of rotatable bonds is 8. The lowest BCUT2D eigenvalue weighted by Gasteiger charge is -2.11. The maximum absolute atomic E-state index is 12.4. The van der Waals surface area contributed by atoms with E-state index in [0.29, 0.717) is 21.9 Å². The molecule has 0 unspecified atom stereocenters. The van der Waals surface area contributed by atoms with E-state index in [1.54, 1.807) is 33.1 Å². The molecule has 8 nitrogen and oxygen atoms in total. The van der Waals surface area contributed by atoms with Crippen LogP contribution in [0.1, 0.15) is 32.5 Å². The topological polar surface area (TPSA) is 106 Å².